The summed E-state index contributed by atoms with van der Waals surface area (Å²) in [5.74, 6) is 7.20. The molecule has 108 valence electrons. The van der Waals surface area contributed by atoms with Crippen molar-refractivity contribution in [3.05, 3.63) is 40.6 Å². The fraction of sp³-hybridized carbons (Fsp3) is 0.308. The largest absolute Gasteiger partial charge is 0.493 e. The van der Waals surface area contributed by atoms with Crippen LogP contribution in [0.3, 0.4) is 0 Å². The minimum Gasteiger partial charge on any atom is -0.493 e. The highest BCUT2D eigenvalue weighted by molar-refractivity contribution is 9.10. The maximum absolute atomic E-state index is 5.69. The number of methoxy groups -OCH3 is 1. The number of nitrogens with zero attached hydrogens (tertiary/aromatic N) is 2. The molecule has 0 amide bonds. The second kappa shape index (κ2) is 7.12. The van der Waals surface area contributed by atoms with E-state index in [1.807, 2.05) is 25.2 Å². The van der Waals surface area contributed by atoms with Gasteiger partial charge in [-0.25, -0.2) is 0 Å². The molecule has 3 N–H and O–H groups in total. The van der Waals surface area contributed by atoms with Crippen molar-refractivity contribution in [2.75, 3.05) is 12.9 Å². The number of hydrogen-bond acceptors (Lipinski definition) is 5. The first-order valence-corrected chi connectivity index (χ1v) is 7.84. The second-order valence-electron chi connectivity index (χ2n) is 4.18. The molecule has 0 aliphatic carbocycles. The molecule has 2 aromatic rings. The number of halogens is 1. The van der Waals surface area contributed by atoms with E-state index in [0.29, 0.717) is 0 Å². The van der Waals surface area contributed by atoms with Crippen LogP contribution in [-0.4, -0.2) is 22.6 Å². The van der Waals surface area contributed by atoms with Gasteiger partial charge >= 0.3 is 0 Å². The molecule has 0 aliphatic heterocycles. The summed E-state index contributed by atoms with van der Waals surface area (Å²) in [6.45, 7) is 0. The molecule has 1 heterocycles. The van der Waals surface area contributed by atoms with Crippen LogP contribution >= 0.6 is 27.7 Å². The monoisotopic (exact) mass is 356 g/mol. The Bertz CT molecular complexity index is 575. The highest BCUT2D eigenvalue weighted by atomic mass is 79.9. The van der Waals surface area contributed by atoms with Crippen molar-refractivity contribution >= 4 is 27.7 Å². The number of benzene rings is 1. The topological polar surface area (TPSA) is 65.1 Å². The van der Waals surface area contributed by atoms with E-state index in [4.69, 9.17) is 10.6 Å². The van der Waals surface area contributed by atoms with E-state index < -0.39 is 0 Å². The van der Waals surface area contributed by atoms with Crippen LogP contribution in [0.25, 0.3) is 0 Å². The van der Waals surface area contributed by atoms with Gasteiger partial charge in [0.25, 0.3) is 0 Å². The third kappa shape index (κ3) is 3.35. The number of aryl methyl sites for hydroxylation is 1. The van der Waals surface area contributed by atoms with E-state index in [9.17, 15) is 0 Å². The molecule has 0 fully saturated rings. The predicted molar refractivity (Wildman–Crippen MR) is 84.7 cm³/mol. The summed E-state index contributed by atoms with van der Waals surface area (Å²) < 4.78 is 8.19. The highest BCUT2D eigenvalue weighted by Gasteiger charge is 2.20. The van der Waals surface area contributed by atoms with Crippen molar-refractivity contribution in [3.63, 3.8) is 0 Å². The van der Waals surface area contributed by atoms with Crippen molar-refractivity contribution in [2.45, 2.75) is 10.9 Å². The number of ether oxygens (including phenoxy) is 1. The van der Waals surface area contributed by atoms with Crippen molar-refractivity contribution in [1.82, 2.24) is 15.2 Å². The maximum atomic E-state index is 5.69. The minimum atomic E-state index is -0.0467. The zero-order chi connectivity index (χ0) is 14.5. The van der Waals surface area contributed by atoms with Gasteiger partial charge in [-0.05, 0) is 28.1 Å². The molecule has 0 bridgehead atoms. The number of hydrogen-bond donors (Lipinski definition) is 2. The lowest BCUT2D eigenvalue weighted by molar-refractivity contribution is 0.399. The summed E-state index contributed by atoms with van der Waals surface area (Å²) in [4.78, 5) is 1.17. The summed E-state index contributed by atoms with van der Waals surface area (Å²) in [6, 6.07) is 8.06. The van der Waals surface area contributed by atoms with Crippen LogP contribution in [0.15, 0.2) is 39.8 Å². The first kappa shape index (κ1) is 15.4. The van der Waals surface area contributed by atoms with Crippen molar-refractivity contribution in [2.24, 2.45) is 12.9 Å². The molecule has 0 saturated carbocycles. The lowest BCUT2D eigenvalue weighted by Gasteiger charge is -2.17. The molecule has 0 spiro atoms. The van der Waals surface area contributed by atoms with Gasteiger partial charge in [0, 0.05) is 22.2 Å². The van der Waals surface area contributed by atoms with Gasteiger partial charge in [0.15, 0.2) is 5.75 Å². The quantitative estimate of drug-likeness (QED) is 0.472. The first-order chi connectivity index (χ1) is 9.67. The summed E-state index contributed by atoms with van der Waals surface area (Å²) in [7, 11) is 3.51. The average molecular weight is 357 g/mol. The first-order valence-electron chi connectivity index (χ1n) is 6.06. The van der Waals surface area contributed by atoms with Gasteiger partial charge in [0.2, 0.25) is 0 Å². The number of thioether (sulfide) groups is 1. The lowest BCUT2D eigenvalue weighted by Crippen LogP contribution is -2.31. The van der Waals surface area contributed by atoms with Gasteiger partial charge in [0.05, 0.1) is 25.0 Å². The molecule has 0 saturated heterocycles. The molecular formula is C13H17BrN4OS. The maximum Gasteiger partial charge on any atom is 0.161 e. The molecule has 0 aliphatic rings. The lowest BCUT2D eigenvalue weighted by atomic mass is 10.2. The number of rotatable bonds is 6. The number of hydrazine groups is 1. The molecule has 2 rings (SSSR count). The Morgan fingerprint density at radius 1 is 1.50 bits per heavy atom. The molecular weight excluding hydrogens is 340 g/mol. The smallest absolute Gasteiger partial charge is 0.161 e. The number of aromatic nitrogens is 2. The Balaban J connectivity index is 2.13. The van der Waals surface area contributed by atoms with E-state index >= 15 is 0 Å². The molecule has 1 aromatic carbocycles. The molecule has 1 unspecified atom stereocenters. The van der Waals surface area contributed by atoms with Crippen molar-refractivity contribution in [1.29, 1.82) is 0 Å². The Labute approximate surface area is 131 Å². The molecule has 0 radical (unpaired) electrons. The van der Waals surface area contributed by atoms with Crippen LogP contribution in [0, 0.1) is 0 Å². The van der Waals surface area contributed by atoms with Crippen LogP contribution < -0.4 is 16.0 Å². The Hall–Kier alpha value is -1.02. The summed E-state index contributed by atoms with van der Waals surface area (Å²) in [5, 5.41) is 4.21. The number of nitrogens with one attached hydrogen (secondary N) is 1. The highest BCUT2D eigenvalue weighted by Crippen LogP contribution is 2.32. The fourth-order valence-electron chi connectivity index (χ4n) is 1.92. The van der Waals surface area contributed by atoms with Crippen LogP contribution in [0.4, 0.5) is 0 Å². The van der Waals surface area contributed by atoms with Crippen LogP contribution in [0.5, 0.6) is 5.75 Å². The predicted octanol–water partition coefficient (Wildman–Crippen LogP) is 2.49. The fourth-order valence-corrected chi connectivity index (χ4v) is 3.53. The van der Waals surface area contributed by atoms with Gasteiger partial charge in [-0.1, -0.05) is 12.1 Å². The van der Waals surface area contributed by atoms with E-state index in [-0.39, 0.29) is 6.04 Å². The standard InChI is InChI=1S/C13H17BrN4OS/c1-18-13(11(19-2)7-16-18)10(17-15)8-20-12-6-4-3-5-9(12)14/h3-7,10,17H,8,15H2,1-2H3. The van der Waals surface area contributed by atoms with E-state index in [1.165, 1.54) is 4.90 Å². The average Bonchev–Trinajstić information content (AvgIpc) is 2.83. The third-order valence-electron chi connectivity index (χ3n) is 2.94. The van der Waals surface area contributed by atoms with Gasteiger partial charge < -0.3 is 4.74 Å². The van der Waals surface area contributed by atoms with E-state index in [1.54, 1.807) is 29.8 Å². The minimum absolute atomic E-state index is 0.0467. The van der Waals surface area contributed by atoms with Gasteiger partial charge in [0.1, 0.15) is 0 Å². The summed E-state index contributed by atoms with van der Waals surface area (Å²) in [5.41, 5.74) is 3.77. The molecule has 5 nitrogen and oxygen atoms in total. The van der Waals surface area contributed by atoms with Crippen molar-refractivity contribution in [3.8, 4) is 5.75 Å². The van der Waals surface area contributed by atoms with Gasteiger partial charge in [-0.3, -0.25) is 16.0 Å². The number of nitrogens with two attached hydrogens (primary N) is 1. The SMILES string of the molecule is COc1cnn(C)c1C(CSc1ccccc1Br)NN. The van der Waals surface area contributed by atoms with Crippen LogP contribution in [0.1, 0.15) is 11.7 Å². The normalized spacial score (nSPS) is 12.4. The van der Waals surface area contributed by atoms with Crippen LogP contribution in [0.2, 0.25) is 0 Å². The molecule has 1 aromatic heterocycles. The second-order valence-corrected chi connectivity index (χ2v) is 6.10. The van der Waals surface area contributed by atoms with Gasteiger partial charge in [-0.15, -0.1) is 11.8 Å². The van der Waals surface area contributed by atoms with Crippen LogP contribution in [-0.2, 0) is 7.05 Å². The van der Waals surface area contributed by atoms with Crippen molar-refractivity contribution < 1.29 is 4.74 Å². The zero-order valence-corrected chi connectivity index (χ0v) is 13.7. The Morgan fingerprint density at radius 3 is 2.90 bits per heavy atom. The zero-order valence-electron chi connectivity index (χ0n) is 11.3. The summed E-state index contributed by atoms with van der Waals surface area (Å²) >= 11 is 5.26. The Kier molecular flexibility index (Phi) is 5.47. The Morgan fingerprint density at radius 2 is 2.25 bits per heavy atom. The van der Waals surface area contributed by atoms with E-state index in [2.05, 4.69) is 32.5 Å². The molecule has 1 atom stereocenters. The van der Waals surface area contributed by atoms with E-state index in [0.717, 1.165) is 21.7 Å². The third-order valence-corrected chi connectivity index (χ3v) is 5.06. The molecule has 7 heteroatoms. The van der Waals surface area contributed by atoms with Gasteiger partial charge in [-0.2, -0.15) is 5.10 Å². The molecule has 20 heavy (non-hydrogen) atoms. The summed E-state index contributed by atoms with van der Waals surface area (Å²) in [6.07, 6.45) is 1.70.